The summed E-state index contributed by atoms with van der Waals surface area (Å²) in [5.41, 5.74) is 1.25. The van der Waals surface area contributed by atoms with Crippen molar-refractivity contribution in [1.29, 1.82) is 0 Å². The summed E-state index contributed by atoms with van der Waals surface area (Å²) in [6.45, 7) is 0.730. The number of hydrogen-bond donors (Lipinski definition) is 0. The summed E-state index contributed by atoms with van der Waals surface area (Å²) in [6, 6.07) is 10.1. The van der Waals surface area contributed by atoms with Crippen LogP contribution < -0.4 is 0 Å². The van der Waals surface area contributed by atoms with Crippen molar-refractivity contribution in [1.82, 2.24) is 4.90 Å². The number of carbonyl (C=O) groups excluding carboxylic acids is 1. The minimum absolute atomic E-state index is 0.730. The molecule has 0 aromatic heterocycles. The second-order valence-corrected chi connectivity index (χ2v) is 2.75. The molecular weight excluding hydrogens is 150 g/mol. The molecule has 0 aliphatic heterocycles. The van der Waals surface area contributed by atoms with E-state index in [2.05, 4.69) is 12.1 Å². The van der Waals surface area contributed by atoms with Crippen molar-refractivity contribution in [3.05, 3.63) is 35.9 Å². The third-order valence-electron chi connectivity index (χ3n) is 1.73. The number of hydrogen-bond acceptors (Lipinski definition) is 1. The maximum atomic E-state index is 10.1. The molecule has 2 heteroatoms. The molecule has 0 bridgehead atoms. The summed E-state index contributed by atoms with van der Waals surface area (Å²) >= 11 is 0. The molecule has 2 nitrogen and oxygen atoms in total. The molecule has 0 saturated carbocycles. The molecule has 1 rings (SSSR count). The van der Waals surface area contributed by atoms with Crippen LogP contribution in [0.5, 0.6) is 0 Å². The molecular formula is C10H12NO. The Morgan fingerprint density at radius 1 is 1.33 bits per heavy atom. The van der Waals surface area contributed by atoms with Crippen molar-refractivity contribution >= 4 is 6.41 Å². The van der Waals surface area contributed by atoms with E-state index in [1.165, 1.54) is 10.5 Å². The molecule has 0 aliphatic rings. The molecule has 0 fully saturated rings. The topological polar surface area (TPSA) is 20.3 Å². The van der Waals surface area contributed by atoms with Gasteiger partial charge in [-0.1, -0.05) is 30.3 Å². The normalized spacial score (nSPS) is 9.42. The van der Waals surface area contributed by atoms with E-state index in [0.717, 1.165) is 13.0 Å². The predicted molar refractivity (Wildman–Crippen MR) is 48.5 cm³/mol. The lowest BCUT2D eigenvalue weighted by Gasteiger charge is -2.08. The van der Waals surface area contributed by atoms with Gasteiger partial charge in [-0.05, 0) is 12.0 Å². The molecule has 0 N–H and O–H groups in total. The van der Waals surface area contributed by atoms with Gasteiger partial charge >= 0.3 is 6.41 Å². The summed E-state index contributed by atoms with van der Waals surface area (Å²) in [5.74, 6) is 0. The van der Waals surface area contributed by atoms with Gasteiger partial charge in [-0.15, -0.1) is 0 Å². The van der Waals surface area contributed by atoms with E-state index in [0.29, 0.717) is 0 Å². The van der Waals surface area contributed by atoms with E-state index < -0.39 is 0 Å². The van der Waals surface area contributed by atoms with Gasteiger partial charge in [0.15, 0.2) is 0 Å². The number of nitrogens with zero attached hydrogens (tertiary/aromatic N) is 1. The summed E-state index contributed by atoms with van der Waals surface area (Å²) in [6.07, 6.45) is 2.71. The molecule has 1 amide bonds. The van der Waals surface area contributed by atoms with Gasteiger partial charge in [0.05, 0.1) is 0 Å². The van der Waals surface area contributed by atoms with Gasteiger partial charge in [0.2, 0.25) is 0 Å². The molecule has 1 aromatic rings. The van der Waals surface area contributed by atoms with Gasteiger partial charge < -0.3 is 4.90 Å². The zero-order valence-electron chi connectivity index (χ0n) is 7.16. The minimum Gasteiger partial charge on any atom is -0.337 e. The molecule has 1 radical (unpaired) electrons. The van der Waals surface area contributed by atoms with E-state index in [-0.39, 0.29) is 0 Å². The third-order valence-corrected chi connectivity index (χ3v) is 1.73. The van der Waals surface area contributed by atoms with Gasteiger partial charge in [0.1, 0.15) is 0 Å². The van der Waals surface area contributed by atoms with Crippen LogP contribution >= 0.6 is 0 Å². The van der Waals surface area contributed by atoms with Crippen molar-refractivity contribution in [3.63, 3.8) is 0 Å². The van der Waals surface area contributed by atoms with E-state index in [4.69, 9.17) is 0 Å². The van der Waals surface area contributed by atoms with Crippen LogP contribution in [0.2, 0.25) is 0 Å². The molecule has 0 aliphatic carbocycles. The van der Waals surface area contributed by atoms with Crippen molar-refractivity contribution < 1.29 is 4.79 Å². The molecule has 0 spiro atoms. The molecule has 1 aromatic carbocycles. The molecule has 12 heavy (non-hydrogen) atoms. The molecule has 0 unspecified atom stereocenters. The average molecular weight is 162 g/mol. The highest BCUT2D eigenvalue weighted by Crippen LogP contribution is 1.99. The Balaban J connectivity index is 2.38. The third kappa shape index (κ3) is 2.74. The van der Waals surface area contributed by atoms with Crippen LogP contribution in [-0.4, -0.2) is 24.9 Å². The Morgan fingerprint density at radius 2 is 2.00 bits per heavy atom. The summed E-state index contributed by atoms with van der Waals surface area (Å²) in [4.78, 5) is 11.6. The Bertz CT molecular complexity index is 233. The maximum Gasteiger partial charge on any atom is 0.311 e. The Morgan fingerprint density at radius 3 is 2.58 bits per heavy atom. The fraction of sp³-hybridized carbons (Fsp3) is 0.300. The van der Waals surface area contributed by atoms with Crippen molar-refractivity contribution in [2.45, 2.75) is 6.42 Å². The molecule has 0 saturated heterocycles. The maximum absolute atomic E-state index is 10.1. The number of likely N-dealkylation sites (N-methyl/N-ethyl adjacent to an activating group) is 1. The standard InChI is InChI=1S/C10H12NO/c1-11(9-12)8-7-10-5-3-2-4-6-10/h2-6H,7-8H2,1H3. The molecule has 0 atom stereocenters. The summed E-state index contributed by atoms with van der Waals surface area (Å²) in [7, 11) is 1.73. The first-order valence-corrected chi connectivity index (χ1v) is 3.96. The highest BCUT2D eigenvalue weighted by molar-refractivity contribution is 5.47. The van der Waals surface area contributed by atoms with E-state index in [1.807, 2.05) is 24.6 Å². The lowest BCUT2D eigenvalue weighted by atomic mass is 10.1. The Labute approximate surface area is 72.8 Å². The fourth-order valence-corrected chi connectivity index (χ4v) is 0.987. The van der Waals surface area contributed by atoms with Crippen LogP contribution in [0, 0.1) is 0 Å². The fourth-order valence-electron chi connectivity index (χ4n) is 0.987. The molecule has 63 valence electrons. The van der Waals surface area contributed by atoms with Gasteiger partial charge in [0.25, 0.3) is 0 Å². The zero-order valence-corrected chi connectivity index (χ0v) is 7.16. The van der Waals surface area contributed by atoms with Crippen LogP contribution in [0.3, 0.4) is 0 Å². The average Bonchev–Trinajstić information content (AvgIpc) is 2.16. The number of rotatable bonds is 4. The largest absolute Gasteiger partial charge is 0.337 e. The van der Waals surface area contributed by atoms with Crippen LogP contribution in [-0.2, 0) is 11.2 Å². The lowest BCUT2D eigenvalue weighted by Crippen LogP contribution is -2.18. The predicted octanol–water partition coefficient (Wildman–Crippen LogP) is 1.23. The van der Waals surface area contributed by atoms with Gasteiger partial charge in [-0.3, -0.25) is 4.79 Å². The Hall–Kier alpha value is -1.31. The minimum atomic E-state index is 0.730. The van der Waals surface area contributed by atoms with Crippen molar-refractivity contribution in [3.8, 4) is 0 Å². The van der Waals surface area contributed by atoms with Crippen LogP contribution in [0.4, 0.5) is 0 Å². The van der Waals surface area contributed by atoms with Gasteiger partial charge in [-0.2, -0.15) is 0 Å². The van der Waals surface area contributed by atoms with Gasteiger partial charge in [0, 0.05) is 13.6 Å². The number of amides is 1. The first kappa shape index (κ1) is 8.78. The highest BCUT2D eigenvalue weighted by Gasteiger charge is 1.95. The highest BCUT2D eigenvalue weighted by atomic mass is 16.1. The van der Waals surface area contributed by atoms with E-state index >= 15 is 0 Å². The van der Waals surface area contributed by atoms with Gasteiger partial charge in [-0.25, -0.2) is 0 Å². The smallest absolute Gasteiger partial charge is 0.311 e. The van der Waals surface area contributed by atoms with Crippen molar-refractivity contribution in [2.24, 2.45) is 0 Å². The number of benzene rings is 1. The van der Waals surface area contributed by atoms with Crippen LogP contribution in [0.25, 0.3) is 0 Å². The second-order valence-electron chi connectivity index (χ2n) is 2.75. The SMILES string of the molecule is CN([C]=O)CCc1ccccc1. The monoisotopic (exact) mass is 162 g/mol. The first-order chi connectivity index (χ1) is 5.83. The second kappa shape index (κ2) is 4.54. The first-order valence-electron chi connectivity index (χ1n) is 3.96. The van der Waals surface area contributed by atoms with E-state index in [1.54, 1.807) is 7.05 Å². The summed E-state index contributed by atoms with van der Waals surface area (Å²) in [5, 5.41) is 0. The quantitative estimate of drug-likeness (QED) is 0.610. The summed E-state index contributed by atoms with van der Waals surface area (Å²) < 4.78 is 0. The van der Waals surface area contributed by atoms with E-state index in [9.17, 15) is 4.79 Å². The van der Waals surface area contributed by atoms with Crippen LogP contribution in [0.1, 0.15) is 5.56 Å². The lowest BCUT2D eigenvalue weighted by molar-refractivity contribution is 0.437. The van der Waals surface area contributed by atoms with Crippen LogP contribution in [0.15, 0.2) is 30.3 Å². The molecule has 0 heterocycles. The Kier molecular flexibility index (Phi) is 3.33. The zero-order chi connectivity index (χ0) is 8.81. The van der Waals surface area contributed by atoms with Crippen molar-refractivity contribution in [2.75, 3.05) is 13.6 Å².